The molecular weight excluding hydrogens is 276 g/mol. The van der Waals surface area contributed by atoms with E-state index in [4.69, 9.17) is 5.11 Å². The Bertz CT molecular complexity index is 837. The van der Waals surface area contributed by atoms with Crippen molar-refractivity contribution in [3.63, 3.8) is 0 Å². The monoisotopic (exact) mass is 286 g/mol. The van der Waals surface area contributed by atoms with Gasteiger partial charge < -0.3 is 9.67 Å². The fourth-order valence-electron chi connectivity index (χ4n) is 2.11. The summed E-state index contributed by atoms with van der Waals surface area (Å²) in [5.74, 6) is -1.21. The number of carboxylic acid groups (broad SMARTS) is 1. The molecule has 2 heterocycles. The summed E-state index contributed by atoms with van der Waals surface area (Å²) in [6.45, 7) is 0.443. The molecule has 0 amide bonds. The molecule has 3 rings (SSSR count). The molecule has 6 heteroatoms. The second-order valence-corrected chi connectivity index (χ2v) is 5.23. The van der Waals surface area contributed by atoms with Crippen LogP contribution >= 0.6 is 11.3 Å². The van der Waals surface area contributed by atoms with Gasteiger partial charge in [0.15, 0.2) is 0 Å². The van der Waals surface area contributed by atoms with Crippen LogP contribution in [-0.4, -0.2) is 20.6 Å². The molecule has 0 spiro atoms. The van der Waals surface area contributed by atoms with Gasteiger partial charge in [0, 0.05) is 23.2 Å². The van der Waals surface area contributed by atoms with E-state index in [2.05, 4.69) is 4.98 Å². The fraction of sp³-hybridized carbons (Fsp3) is 0.0714. The zero-order valence-electron chi connectivity index (χ0n) is 10.3. The lowest BCUT2D eigenvalue weighted by molar-refractivity contribution is 0.0695. The Hall–Kier alpha value is -2.47. The average Bonchev–Trinajstić information content (AvgIpc) is 2.94. The second kappa shape index (κ2) is 4.90. The Kier molecular flexibility index (Phi) is 3.08. The number of hydrogen-bond acceptors (Lipinski definition) is 4. The first-order valence-corrected chi connectivity index (χ1v) is 6.78. The van der Waals surface area contributed by atoms with Gasteiger partial charge in [-0.2, -0.15) is 0 Å². The van der Waals surface area contributed by atoms with Crippen LogP contribution in [0, 0.1) is 0 Å². The van der Waals surface area contributed by atoms with Crippen molar-refractivity contribution in [2.45, 2.75) is 6.54 Å². The maximum absolute atomic E-state index is 12.1. The number of hydrogen-bond donors (Lipinski definition) is 1. The summed E-state index contributed by atoms with van der Waals surface area (Å²) in [5, 5.41) is 12.3. The van der Waals surface area contributed by atoms with Gasteiger partial charge in [0.1, 0.15) is 10.6 Å². The molecule has 0 aliphatic heterocycles. The van der Waals surface area contributed by atoms with E-state index in [1.807, 2.05) is 11.4 Å². The smallest absolute Gasteiger partial charge is 0.341 e. The van der Waals surface area contributed by atoms with E-state index < -0.39 is 11.4 Å². The second-order valence-electron chi connectivity index (χ2n) is 4.25. The van der Waals surface area contributed by atoms with Crippen molar-refractivity contribution in [3.8, 4) is 0 Å². The first kappa shape index (κ1) is 12.6. The maximum Gasteiger partial charge on any atom is 0.341 e. The number of rotatable bonds is 3. The predicted molar refractivity (Wildman–Crippen MR) is 76.4 cm³/mol. The normalized spacial score (nSPS) is 10.8. The Morgan fingerprint density at radius 1 is 1.35 bits per heavy atom. The first-order valence-electron chi connectivity index (χ1n) is 5.90. The van der Waals surface area contributed by atoms with Crippen molar-refractivity contribution in [2.75, 3.05) is 0 Å². The Morgan fingerprint density at radius 3 is 2.85 bits per heavy atom. The SMILES string of the molecule is O=C(O)c1cn(Cc2nccs2)c2ccccc2c1=O. The van der Waals surface area contributed by atoms with Crippen molar-refractivity contribution in [3.05, 3.63) is 62.8 Å². The molecule has 0 bridgehead atoms. The van der Waals surface area contributed by atoms with Crippen molar-refractivity contribution < 1.29 is 9.90 Å². The summed E-state index contributed by atoms with van der Waals surface area (Å²) >= 11 is 1.49. The third-order valence-corrected chi connectivity index (χ3v) is 3.77. The lowest BCUT2D eigenvalue weighted by Crippen LogP contribution is -2.19. The summed E-state index contributed by atoms with van der Waals surface area (Å²) in [7, 11) is 0. The number of aromatic carboxylic acids is 1. The zero-order valence-corrected chi connectivity index (χ0v) is 11.1. The number of fused-ring (bicyclic) bond motifs is 1. The van der Waals surface area contributed by atoms with Gasteiger partial charge in [-0.15, -0.1) is 11.3 Å². The van der Waals surface area contributed by atoms with Gasteiger partial charge in [0.25, 0.3) is 0 Å². The topological polar surface area (TPSA) is 72.2 Å². The maximum atomic E-state index is 12.1. The van der Waals surface area contributed by atoms with Crippen molar-refractivity contribution >= 4 is 28.2 Å². The predicted octanol–water partition coefficient (Wildman–Crippen LogP) is 2.20. The standard InChI is InChI=1S/C14H10N2O3S/c17-13-9-3-1-2-4-11(9)16(7-10(13)14(18)19)8-12-15-5-6-20-12/h1-7H,8H2,(H,18,19). The molecule has 0 atom stereocenters. The minimum absolute atomic E-state index is 0.222. The highest BCUT2D eigenvalue weighted by Gasteiger charge is 2.14. The summed E-state index contributed by atoms with van der Waals surface area (Å²) in [6.07, 6.45) is 3.08. The number of nitrogens with zero attached hydrogens (tertiary/aromatic N) is 2. The molecular formula is C14H10N2O3S. The highest BCUT2D eigenvalue weighted by molar-refractivity contribution is 7.09. The molecule has 5 nitrogen and oxygen atoms in total. The van der Waals surface area contributed by atoms with Crippen molar-refractivity contribution in [2.24, 2.45) is 0 Å². The van der Waals surface area contributed by atoms with E-state index in [0.717, 1.165) is 5.01 Å². The summed E-state index contributed by atoms with van der Waals surface area (Å²) < 4.78 is 1.75. The Morgan fingerprint density at radius 2 is 2.15 bits per heavy atom. The van der Waals surface area contributed by atoms with Crippen LogP contribution in [0.1, 0.15) is 15.4 Å². The van der Waals surface area contributed by atoms with Gasteiger partial charge in [-0.05, 0) is 12.1 Å². The van der Waals surface area contributed by atoms with Gasteiger partial charge in [-0.3, -0.25) is 4.79 Å². The van der Waals surface area contributed by atoms with Crippen LogP contribution in [0.5, 0.6) is 0 Å². The van der Waals surface area contributed by atoms with Crippen molar-refractivity contribution in [1.29, 1.82) is 0 Å². The van der Waals surface area contributed by atoms with E-state index in [1.165, 1.54) is 17.5 Å². The van der Waals surface area contributed by atoms with Crippen LogP contribution in [0.4, 0.5) is 0 Å². The minimum atomic E-state index is -1.21. The number of benzene rings is 1. The number of pyridine rings is 1. The molecule has 0 fully saturated rings. The molecule has 3 aromatic rings. The van der Waals surface area contributed by atoms with Gasteiger partial charge in [-0.1, -0.05) is 12.1 Å². The Balaban J connectivity index is 2.27. The zero-order chi connectivity index (χ0) is 14.1. The van der Waals surface area contributed by atoms with Crippen LogP contribution < -0.4 is 5.43 Å². The molecule has 0 saturated carbocycles. The van der Waals surface area contributed by atoms with Crippen LogP contribution in [-0.2, 0) is 6.54 Å². The minimum Gasteiger partial charge on any atom is -0.477 e. The number of para-hydroxylation sites is 1. The molecule has 0 radical (unpaired) electrons. The van der Waals surface area contributed by atoms with E-state index in [9.17, 15) is 9.59 Å². The molecule has 20 heavy (non-hydrogen) atoms. The third-order valence-electron chi connectivity index (χ3n) is 3.01. The summed E-state index contributed by atoms with van der Waals surface area (Å²) in [4.78, 5) is 27.5. The van der Waals surface area contributed by atoms with E-state index >= 15 is 0 Å². The van der Waals surface area contributed by atoms with Crippen molar-refractivity contribution in [1.82, 2.24) is 9.55 Å². The average molecular weight is 286 g/mol. The summed E-state index contributed by atoms with van der Waals surface area (Å²) in [5.41, 5.74) is 0.0291. The van der Waals surface area contributed by atoms with Crippen LogP contribution in [0.2, 0.25) is 0 Å². The van der Waals surface area contributed by atoms with E-state index in [1.54, 1.807) is 29.0 Å². The van der Waals surface area contributed by atoms with Gasteiger partial charge in [-0.25, -0.2) is 9.78 Å². The molecule has 100 valence electrons. The van der Waals surface area contributed by atoms with Gasteiger partial charge in [0.05, 0.1) is 12.1 Å². The van der Waals surface area contributed by atoms with Gasteiger partial charge in [0.2, 0.25) is 5.43 Å². The molecule has 1 N–H and O–H groups in total. The van der Waals surface area contributed by atoms with E-state index in [-0.39, 0.29) is 5.56 Å². The highest BCUT2D eigenvalue weighted by Crippen LogP contribution is 2.15. The molecule has 0 saturated heterocycles. The summed E-state index contributed by atoms with van der Waals surface area (Å²) in [6, 6.07) is 6.99. The number of carbonyl (C=O) groups is 1. The third kappa shape index (κ3) is 2.10. The largest absolute Gasteiger partial charge is 0.477 e. The number of aromatic nitrogens is 2. The highest BCUT2D eigenvalue weighted by atomic mass is 32.1. The molecule has 0 aliphatic rings. The lowest BCUT2D eigenvalue weighted by atomic mass is 10.1. The van der Waals surface area contributed by atoms with E-state index in [0.29, 0.717) is 17.4 Å². The molecule has 2 aromatic heterocycles. The van der Waals surface area contributed by atoms with Crippen LogP contribution in [0.3, 0.4) is 0 Å². The number of carboxylic acids is 1. The van der Waals surface area contributed by atoms with Crippen LogP contribution in [0.15, 0.2) is 46.8 Å². The molecule has 0 unspecified atom stereocenters. The van der Waals surface area contributed by atoms with Gasteiger partial charge >= 0.3 is 5.97 Å². The first-order chi connectivity index (χ1) is 9.66. The lowest BCUT2D eigenvalue weighted by Gasteiger charge is -2.10. The molecule has 0 aliphatic carbocycles. The molecule has 1 aromatic carbocycles. The Labute approximate surface area is 117 Å². The van der Waals surface area contributed by atoms with Crippen LogP contribution in [0.25, 0.3) is 10.9 Å². The fourth-order valence-corrected chi connectivity index (χ4v) is 2.72. The number of thiazole rings is 1. The quantitative estimate of drug-likeness (QED) is 0.801.